The van der Waals surface area contributed by atoms with Crippen LogP contribution < -0.4 is 5.32 Å². The average molecular weight is 255 g/mol. The van der Waals surface area contributed by atoms with Gasteiger partial charge in [-0.05, 0) is 50.4 Å². The third-order valence-corrected chi connectivity index (χ3v) is 4.54. The lowest BCUT2D eigenvalue weighted by molar-refractivity contribution is 0.166. The molecule has 100 valence electrons. The minimum absolute atomic E-state index is 0.617. The number of benzene rings is 1. The standard InChI is InChI=1S/C16H21N3/c17-11-13-4-1-2-5-14(13)12-18-15-7-9-19-8-3-6-16(19)10-15/h1-2,4-5,15-16,18H,3,6-10,12H2. The molecular weight excluding hydrogens is 234 g/mol. The van der Waals surface area contributed by atoms with Gasteiger partial charge in [-0.2, -0.15) is 5.26 Å². The van der Waals surface area contributed by atoms with Crippen LogP contribution in [-0.2, 0) is 6.54 Å². The fourth-order valence-corrected chi connectivity index (χ4v) is 3.45. The maximum absolute atomic E-state index is 9.09. The first-order valence-electron chi connectivity index (χ1n) is 7.32. The quantitative estimate of drug-likeness (QED) is 0.900. The van der Waals surface area contributed by atoms with E-state index < -0.39 is 0 Å². The van der Waals surface area contributed by atoms with Gasteiger partial charge in [0.25, 0.3) is 0 Å². The summed E-state index contributed by atoms with van der Waals surface area (Å²) >= 11 is 0. The van der Waals surface area contributed by atoms with Crippen molar-refractivity contribution in [2.75, 3.05) is 13.1 Å². The van der Waals surface area contributed by atoms with E-state index in [1.54, 1.807) is 0 Å². The van der Waals surface area contributed by atoms with Gasteiger partial charge >= 0.3 is 0 Å². The summed E-state index contributed by atoms with van der Waals surface area (Å²) in [4.78, 5) is 2.64. The normalized spacial score (nSPS) is 26.9. The zero-order valence-electron chi connectivity index (χ0n) is 11.3. The molecule has 2 aliphatic heterocycles. The molecule has 19 heavy (non-hydrogen) atoms. The van der Waals surface area contributed by atoms with Crippen LogP contribution in [0.25, 0.3) is 0 Å². The van der Waals surface area contributed by atoms with Crippen molar-refractivity contribution in [2.45, 2.75) is 44.3 Å². The first kappa shape index (κ1) is 12.7. The Hall–Kier alpha value is -1.37. The fraction of sp³-hybridized carbons (Fsp3) is 0.562. The van der Waals surface area contributed by atoms with E-state index in [9.17, 15) is 0 Å². The molecule has 1 aromatic rings. The topological polar surface area (TPSA) is 39.1 Å². The number of nitrogens with zero attached hydrogens (tertiary/aromatic N) is 2. The number of fused-ring (bicyclic) bond motifs is 1. The van der Waals surface area contributed by atoms with Crippen LogP contribution in [0.5, 0.6) is 0 Å². The van der Waals surface area contributed by atoms with Crippen LogP contribution in [0.4, 0.5) is 0 Å². The van der Waals surface area contributed by atoms with Crippen molar-refractivity contribution in [1.82, 2.24) is 10.2 Å². The summed E-state index contributed by atoms with van der Waals surface area (Å²) in [5.74, 6) is 0. The Labute approximate surface area is 115 Å². The molecule has 0 saturated carbocycles. The van der Waals surface area contributed by atoms with Gasteiger partial charge < -0.3 is 10.2 Å². The number of rotatable bonds is 3. The van der Waals surface area contributed by atoms with Crippen molar-refractivity contribution in [3.05, 3.63) is 35.4 Å². The highest BCUT2D eigenvalue weighted by Gasteiger charge is 2.31. The number of hydrogen-bond acceptors (Lipinski definition) is 3. The van der Waals surface area contributed by atoms with Gasteiger partial charge in [-0.1, -0.05) is 18.2 Å². The van der Waals surface area contributed by atoms with Gasteiger partial charge in [0.05, 0.1) is 11.6 Å². The van der Waals surface area contributed by atoms with E-state index in [0.29, 0.717) is 6.04 Å². The van der Waals surface area contributed by atoms with Crippen LogP contribution >= 0.6 is 0 Å². The van der Waals surface area contributed by atoms with E-state index in [4.69, 9.17) is 5.26 Å². The van der Waals surface area contributed by atoms with E-state index >= 15 is 0 Å². The molecule has 2 saturated heterocycles. The summed E-state index contributed by atoms with van der Waals surface area (Å²) in [6.07, 6.45) is 5.25. The molecule has 1 N–H and O–H groups in total. The van der Waals surface area contributed by atoms with Crippen LogP contribution in [0.2, 0.25) is 0 Å². The second-order valence-corrected chi connectivity index (χ2v) is 5.70. The first-order valence-corrected chi connectivity index (χ1v) is 7.32. The summed E-state index contributed by atoms with van der Waals surface area (Å²) in [7, 11) is 0. The molecule has 3 nitrogen and oxygen atoms in total. The molecule has 0 aliphatic carbocycles. The van der Waals surface area contributed by atoms with E-state index in [1.807, 2.05) is 18.2 Å². The maximum atomic E-state index is 9.09. The number of nitriles is 1. The highest BCUT2D eigenvalue weighted by Crippen LogP contribution is 2.27. The van der Waals surface area contributed by atoms with Crippen molar-refractivity contribution >= 4 is 0 Å². The molecule has 3 rings (SSSR count). The van der Waals surface area contributed by atoms with Gasteiger partial charge in [-0.25, -0.2) is 0 Å². The van der Waals surface area contributed by atoms with Crippen LogP contribution in [0.1, 0.15) is 36.8 Å². The predicted molar refractivity (Wildman–Crippen MR) is 75.6 cm³/mol. The molecule has 1 aromatic carbocycles. The van der Waals surface area contributed by atoms with Crippen molar-refractivity contribution in [3.63, 3.8) is 0 Å². The molecule has 0 spiro atoms. The summed E-state index contributed by atoms with van der Waals surface area (Å²) in [5.41, 5.74) is 1.92. The van der Waals surface area contributed by atoms with Gasteiger partial charge in [0.1, 0.15) is 0 Å². The molecule has 2 unspecified atom stereocenters. The summed E-state index contributed by atoms with van der Waals surface area (Å²) in [5, 5.41) is 12.7. The van der Waals surface area contributed by atoms with Gasteiger partial charge in [0.2, 0.25) is 0 Å². The summed E-state index contributed by atoms with van der Waals surface area (Å²) in [6, 6.07) is 11.6. The van der Waals surface area contributed by atoms with E-state index in [0.717, 1.165) is 23.7 Å². The third-order valence-electron chi connectivity index (χ3n) is 4.54. The molecule has 0 radical (unpaired) electrons. The Kier molecular flexibility index (Phi) is 3.82. The summed E-state index contributed by atoms with van der Waals surface area (Å²) in [6.45, 7) is 3.36. The zero-order chi connectivity index (χ0) is 13.1. The number of piperidine rings is 1. The van der Waals surface area contributed by atoms with Gasteiger partial charge in [-0.3, -0.25) is 0 Å². The molecule has 0 aromatic heterocycles. The molecule has 0 bridgehead atoms. The fourth-order valence-electron chi connectivity index (χ4n) is 3.45. The highest BCUT2D eigenvalue weighted by atomic mass is 15.2. The first-order chi connectivity index (χ1) is 9.36. The van der Waals surface area contributed by atoms with Crippen molar-refractivity contribution in [3.8, 4) is 6.07 Å². The average Bonchev–Trinajstić information content (AvgIpc) is 2.93. The van der Waals surface area contributed by atoms with Crippen LogP contribution in [0.15, 0.2) is 24.3 Å². The molecule has 2 atom stereocenters. The van der Waals surface area contributed by atoms with Crippen LogP contribution in [-0.4, -0.2) is 30.1 Å². The zero-order valence-corrected chi connectivity index (χ0v) is 11.3. The number of hydrogen-bond donors (Lipinski definition) is 1. The second kappa shape index (κ2) is 5.73. The Morgan fingerprint density at radius 1 is 1.26 bits per heavy atom. The van der Waals surface area contributed by atoms with Crippen molar-refractivity contribution < 1.29 is 0 Å². The predicted octanol–water partition coefficient (Wildman–Crippen LogP) is 2.27. The second-order valence-electron chi connectivity index (χ2n) is 5.70. The molecule has 2 fully saturated rings. The minimum atomic E-state index is 0.617. The SMILES string of the molecule is N#Cc1ccccc1CNC1CCN2CCCC2C1. The molecular formula is C16H21N3. The minimum Gasteiger partial charge on any atom is -0.310 e. The van der Waals surface area contributed by atoms with Gasteiger partial charge in [-0.15, -0.1) is 0 Å². The van der Waals surface area contributed by atoms with Crippen molar-refractivity contribution in [2.24, 2.45) is 0 Å². The molecule has 0 amide bonds. The molecule has 2 heterocycles. The summed E-state index contributed by atoms with van der Waals surface area (Å²) < 4.78 is 0. The lowest BCUT2D eigenvalue weighted by Crippen LogP contribution is -2.45. The third kappa shape index (κ3) is 2.80. The van der Waals surface area contributed by atoms with Crippen LogP contribution in [0, 0.1) is 11.3 Å². The molecule has 2 aliphatic rings. The lowest BCUT2D eigenvalue weighted by Gasteiger charge is -2.35. The van der Waals surface area contributed by atoms with E-state index in [-0.39, 0.29) is 0 Å². The van der Waals surface area contributed by atoms with Gasteiger partial charge in [0, 0.05) is 18.6 Å². The Morgan fingerprint density at radius 2 is 2.16 bits per heavy atom. The molecule has 3 heteroatoms. The maximum Gasteiger partial charge on any atom is 0.0995 e. The van der Waals surface area contributed by atoms with E-state index in [1.165, 1.54) is 38.8 Å². The van der Waals surface area contributed by atoms with E-state index in [2.05, 4.69) is 22.4 Å². The Morgan fingerprint density at radius 3 is 3.05 bits per heavy atom. The lowest BCUT2D eigenvalue weighted by atomic mass is 9.97. The number of nitrogens with one attached hydrogen (secondary N) is 1. The van der Waals surface area contributed by atoms with Crippen molar-refractivity contribution in [1.29, 1.82) is 5.26 Å². The monoisotopic (exact) mass is 255 g/mol. The van der Waals surface area contributed by atoms with Gasteiger partial charge in [0.15, 0.2) is 0 Å². The Bertz CT molecular complexity index is 477. The van der Waals surface area contributed by atoms with Crippen LogP contribution in [0.3, 0.4) is 0 Å². The Balaban J connectivity index is 1.56. The highest BCUT2D eigenvalue weighted by molar-refractivity contribution is 5.37. The largest absolute Gasteiger partial charge is 0.310 e. The smallest absolute Gasteiger partial charge is 0.0995 e.